The molecular formula is C54H35NO. The fraction of sp³-hybridized carbons (Fsp3) is 0. The molecule has 0 unspecified atom stereocenters. The van der Waals surface area contributed by atoms with E-state index in [1.807, 2.05) is 0 Å². The molecule has 0 saturated carbocycles. The smallest absolute Gasteiger partial charge is 0.135 e. The van der Waals surface area contributed by atoms with Crippen molar-refractivity contribution in [1.82, 2.24) is 0 Å². The predicted molar refractivity (Wildman–Crippen MR) is 235 cm³/mol. The molecule has 0 amide bonds. The van der Waals surface area contributed by atoms with E-state index in [1.54, 1.807) is 0 Å². The number of anilines is 3. The monoisotopic (exact) mass is 713 g/mol. The first-order valence-corrected chi connectivity index (χ1v) is 19.2. The lowest BCUT2D eigenvalue weighted by molar-refractivity contribution is 0.488. The topological polar surface area (TPSA) is 12.5 Å². The summed E-state index contributed by atoms with van der Waals surface area (Å²) >= 11 is 0. The molecule has 0 N–H and O–H groups in total. The van der Waals surface area contributed by atoms with Gasteiger partial charge in [0.15, 0.2) is 0 Å². The molecule has 56 heavy (non-hydrogen) atoms. The second-order valence-corrected chi connectivity index (χ2v) is 14.5. The third kappa shape index (κ3) is 5.34. The van der Waals surface area contributed by atoms with E-state index in [0.29, 0.717) is 0 Å². The van der Waals surface area contributed by atoms with Crippen molar-refractivity contribution in [2.24, 2.45) is 0 Å². The highest BCUT2D eigenvalue weighted by molar-refractivity contribution is 6.15. The summed E-state index contributed by atoms with van der Waals surface area (Å²) in [5.41, 5.74) is 12.4. The van der Waals surface area contributed by atoms with Crippen LogP contribution < -0.4 is 9.64 Å². The van der Waals surface area contributed by atoms with Gasteiger partial charge < -0.3 is 9.64 Å². The number of hydrogen-bond acceptors (Lipinski definition) is 2. The first kappa shape index (κ1) is 32.0. The van der Waals surface area contributed by atoms with Crippen LogP contribution in [0.1, 0.15) is 0 Å². The molecule has 11 rings (SSSR count). The highest BCUT2D eigenvalue weighted by Gasteiger charge is 2.26. The molecule has 0 aromatic heterocycles. The number of rotatable bonds is 5. The normalized spacial score (nSPS) is 11.7. The van der Waals surface area contributed by atoms with Crippen LogP contribution in [0, 0.1) is 0 Å². The van der Waals surface area contributed by atoms with Crippen molar-refractivity contribution in [1.29, 1.82) is 0 Å². The average molecular weight is 714 g/mol. The zero-order valence-electron chi connectivity index (χ0n) is 30.6. The van der Waals surface area contributed by atoms with E-state index >= 15 is 0 Å². The summed E-state index contributed by atoms with van der Waals surface area (Å²) in [4.78, 5) is 2.43. The molecular weight excluding hydrogens is 679 g/mol. The van der Waals surface area contributed by atoms with E-state index in [-0.39, 0.29) is 0 Å². The molecule has 0 bridgehead atoms. The van der Waals surface area contributed by atoms with Crippen molar-refractivity contribution in [3.63, 3.8) is 0 Å². The maximum absolute atomic E-state index is 6.97. The molecule has 10 aromatic carbocycles. The predicted octanol–water partition coefficient (Wildman–Crippen LogP) is 15.4. The SMILES string of the molecule is c1ccc(-c2ccc(N(c3ccc4c(c3)-c3ccc(-c5ccccc5)cc3Oc3ccc5ccccc5c3-4)c3cc4ccccc4c4ccccc34)cc2)cc1. The number of nitrogens with zero attached hydrogens (tertiary/aromatic N) is 1. The van der Waals surface area contributed by atoms with Gasteiger partial charge in [0, 0.05) is 27.9 Å². The van der Waals surface area contributed by atoms with Crippen LogP contribution >= 0.6 is 0 Å². The Kier molecular flexibility index (Phi) is 7.53. The van der Waals surface area contributed by atoms with Crippen molar-refractivity contribution >= 4 is 49.4 Å². The van der Waals surface area contributed by atoms with Gasteiger partial charge in [0.05, 0.1) is 5.69 Å². The summed E-state index contributed by atoms with van der Waals surface area (Å²) in [5, 5.41) is 7.23. The second kappa shape index (κ2) is 13.2. The molecule has 0 fully saturated rings. The maximum Gasteiger partial charge on any atom is 0.135 e. The van der Waals surface area contributed by atoms with Crippen molar-refractivity contribution in [3.8, 4) is 56.0 Å². The Balaban J connectivity index is 1.18. The second-order valence-electron chi connectivity index (χ2n) is 14.5. The number of benzene rings is 10. The highest BCUT2D eigenvalue weighted by Crippen LogP contribution is 2.52. The van der Waals surface area contributed by atoms with Gasteiger partial charge in [-0.3, -0.25) is 0 Å². The molecule has 2 nitrogen and oxygen atoms in total. The number of fused-ring (bicyclic) bond motifs is 10. The van der Waals surface area contributed by atoms with Crippen LogP contribution in [0.5, 0.6) is 11.5 Å². The van der Waals surface area contributed by atoms with Gasteiger partial charge in [-0.2, -0.15) is 0 Å². The van der Waals surface area contributed by atoms with Crippen LogP contribution in [0.15, 0.2) is 212 Å². The molecule has 1 aliphatic heterocycles. The van der Waals surface area contributed by atoms with Gasteiger partial charge in [-0.25, -0.2) is 0 Å². The van der Waals surface area contributed by atoms with Gasteiger partial charge in [0.25, 0.3) is 0 Å². The van der Waals surface area contributed by atoms with Crippen LogP contribution in [0.3, 0.4) is 0 Å². The molecule has 1 heterocycles. The van der Waals surface area contributed by atoms with Gasteiger partial charge in [-0.15, -0.1) is 0 Å². The minimum atomic E-state index is 0.841. The summed E-state index contributed by atoms with van der Waals surface area (Å²) in [6.45, 7) is 0. The van der Waals surface area contributed by atoms with Gasteiger partial charge in [0.2, 0.25) is 0 Å². The van der Waals surface area contributed by atoms with E-state index in [9.17, 15) is 0 Å². The molecule has 10 aromatic rings. The molecule has 1 aliphatic rings. The summed E-state index contributed by atoms with van der Waals surface area (Å²) in [5.74, 6) is 1.70. The van der Waals surface area contributed by atoms with Crippen LogP contribution in [-0.2, 0) is 0 Å². The van der Waals surface area contributed by atoms with Gasteiger partial charge in [0.1, 0.15) is 11.5 Å². The van der Waals surface area contributed by atoms with Crippen molar-refractivity contribution in [2.45, 2.75) is 0 Å². The Bertz CT molecular complexity index is 3100. The minimum absolute atomic E-state index is 0.841. The van der Waals surface area contributed by atoms with Crippen molar-refractivity contribution < 1.29 is 4.74 Å². The Hall–Kier alpha value is -7.42. The Labute approximate surface area is 326 Å². The van der Waals surface area contributed by atoms with Crippen molar-refractivity contribution in [2.75, 3.05) is 4.90 Å². The van der Waals surface area contributed by atoms with E-state index in [1.165, 1.54) is 43.4 Å². The summed E-state index contributed by atoms with van der Waals surface area (Å²) in [7, 11) is 0. The zero-order valence-corrected chi connectivity index (χ0v) is 30.6. The van der Waals surface area contributed by atoms with Crippen molar-refractivity contribution in [3.05, 3.63) is 212 Å². The Morgan fingerprint density at radius 3 is 1.64 bits per heavy atom. The first-order chi connectivity index (χ1) is 27.8. The van der Waals surface area contributed by atoms with E-state index in [4.69, 9.17) is 4.74 Å². The minimum Gasteiger partial charge on any atom is -0.456 e. The zero-order chi connectivity index (χ0) is 37.0. The molecule has 0 aliphatic carbocycles. The lowest BCUT2D eigenvalue weighted by Gasteiger charge is -2.29. The standard InChI is InChI=1S/C54H35NO/c1-3-13-36(14-4-1)38-23-27-42(28-24-38)55(51-33-41-18-8-9-19-44(41)46-21-11-12-22-47(46)51)43-29-31-49-50(35-43)48-30-25-40(37-15-5-2-6-16-37)34-53(48)56-52-32-26-39-17-7-10-20-45(39)54(49)52/h1-35H. The molecule has 2 heteroatoms. The summed E-state index contributed by atoms with van der Waals surface area (Å²) in [6.07, 6.45) is 0. The van der Waals surface area contributed by atoms with E-state index in [2.05, 4.69) is 217 Å². The largest absolute Gasteiger partial charge is 0.456 e. The highest BCUT2D eigenvalue weighted by atomic mass is 16.5. The number of ether oxygens (including phenoxy) is 1. The van der Waals surface area contributed by atoms with Crippen LogP contribution in [0.2, 0.25) is 0 Å². The van der Waals surface area contributed by atoms with E-state index < -0.39 is 0 Å². The molecule has 262 valence electrons. The number of hydrogen-bond donors (Lipinski definition) is 0. The summed E-state index contributed by atoms with van der Waals surface area (Å²) in [6, 6.07) is 76.5. The molecule has 0 atom stereocenters. The lowest BCUT2D eigenvalue weighted by Crippen LogP contribution is -2.11. The fourth-order valence-corrected chi connectivity index (χ4v) is 8.56. The van der Waals surface area contributed by atoms with Gasteiger partial charge in [-0.1, -0.05) is 164 Å². The van der Waals surface area contributed by atoms with E-state index in [0.717, 1.165) is 61.9 Å². The van der Waals surface area contributed by atoms with Crippen LogP contribution in [0.4, 0.5) is 17.1 Å². The Morgan fingerprint density at radius 2 is 0.875 bits per heavy atom. The maximum atomic E-state index is 6.97. The lowest BCUT2D eigenvalue weighted by atomic mass is 9.90. The molecule has 0 spiro atoms. The molecule has 0 saturated heterocycles. The van der Waals surface area contributed by atoms with Gasteiger partial charge >= 0.3 is 0 Å². The Morgan fingerprint density at radius 1 is 0.304 bits per heavy atom. The first-order valence-electron chi connectivity index (χ1n) is 19.2. The average Bonchev–Trinajstić information content (AvgIpc) is 3.41. The third-order valence-corrected chi connectivity index (χ3v) is 11.2. The fourth-order valence-electron chi connectivity index (χ4n) is 8.56. The van der Waals surface area contributed by atoms with Crippen LogP contribution in [-0.4, -0.2) is 0 Å². The van der Waals surface area contributed by atoms with Gasteiger partial charge in [-0.05, 0) is 109 Å². The summed E-state index contributed by atoms with van der Waals surface area (Å²) < 4.78 is 6.97. The molecule has 0 radical (unpaired) electrons. The quantitative estimate of drug-likeness (QED) is 0.165. The third-order valence-electron chi connectivity index (χ3n) is 11.2. The van der Waals surface area contributed by atoms with Crippen LogP contribution in [0.25, 0.3) is 76.8 Å².